The minimum atomic E-state index is -4.55. The Morgan fingerprint density at radius 1 is 0.917 bits per heavy atom. The van der Waals surface area contributed by atoms with Gasteiger partial charge in [-0.2, -0.15) is 13.2 Å². The maximum Gasteiger partial charge on any atom is 0.423 e. The van der Waals surface area contributed by atoms with Crippen molar-refractivity contribution in [3.63, 3.8) is 0 Å². The lowest BCUT2D eigenvalue weighted by molar-refractivity contribution is -0.138. The number of alkyl halides is 3. The molecule has 0 radical (unpaired) electrons. The average molecular weight is 510 g/mol. The molecule has 2 saturated carbocycles. The number of benzene rings is 1. The molecule has 0 amide bonds. The molecule has 5 rings (SSSR count). The zero-order chi connectivity index (χ0) is 26.3. The number of ether oxygens (including phenoxy) is 2. The highest BCUT2D eigenvalue weighted by atomic mass is 19.4. The first-order valence-electron chi connectivity index (χ1n) is 11.6. The second-order valence-electron chi connectivity index (χ2n) is 8.68. The number of methoxy groups -OCH3 is 1. The summed E-state index contributed by atoms with van der Waals surface area (Å²) in [5.41, 5.74) is -1.00. The van der Waals surface area contributed by atoms with Gasteiger partial charge in [-0.05, 0) is 62.6 Å². The minimum absolute atomic E-state index is 0.156. The maximum absolute atomic E-state index is 13.8. The zero-order valence-electron chi connectivity index (χ0n) is 19.8. The van der Waals surface area contributed by atoms with E-state index in [1.54, 1.807) is 13.3 Å². The number of fused-ring (bicyclic) bond motifs is 1. The minimum Gasteiger partial charge on any atom is -0.490 e. The Morgan fingerprint density at radius 3 is 2.00 bits per heavy atom. The van der Waals surface area contributed by atoms with E-state index in [-0.39, 0.29) is 23.6 Å². The molecule has 36 heavy (non-hydrogen) atoms. The van der Waals surface area contributed by atoms with Gasteiger partial charge in [-0.1, -0.05) is 12.1 Å². The van der Waals surface area contributed by atoms with Crippen molar-refractivity contribution in [1.82, 2.24) is 14.6 Å². The molecule has 1 aromatic carbocycles. The van der Waals surface area contributed by atoms with E-state index in [2.05, 4.69) is 23.0 Å². The molecule has 5 nitrogen and oxygen atoms in total. The Labute approximate surface area is 206 Å². The second-order valence-corrected chi connectivity index (χ2v) is 8.68. The average Bonchev–Trinajstić information content (AvgIpc) is 3.60. The molecule has 2 fully saturated rings. The number of hydrogen-bond donors (Lipinski definition) is 0. The highest BCUT2D eigenvalue weighted by molar-refractivity contribution is 5.56. The summed E-state index contributed by atoms with van der Waals surface area (Å²) < 4.78 is 77.7. The summed E-state index contributed by atoms with van der Waals surface area (Å²) in [5.74, 6) is -0.653. The number of aromatic nitrogens is 3. The number of rotatable bonds is 5. The topological polar surface area (TPSA) is 48.7 Å². The summed E-state index contributed by atoms with van der Waals surface area (Å²) in [6, 6.07) is 6.44. The number of nitrogens with zero attached hydrogens (tertiary/aromatic N) is 3. The van der Waals surface area contributed by atoms with Gasteiger partial charge < -0.3 is 9.47 Å². The molecule has 0 unspecified atom stereocenters. The van der Waals surface area contributed by atoms with Gasteiger partial charge in [0.05, 0.1) is 12.2 Å². The fourth-order valence-electron chi connectivity index (χ4n) is 4.08. The Kier molecular flexibility index (Phi) is 9.26. The van der Waals surface area contributed by atoms with Gasteiger partial charge in [-0.15, -0.1) is 23.0 Å². The van der Waals surface area contributed by atoms with Crippen LogP contribution in [0.1, 0.15) is 49.9 Å². The van der Waals surface area contributed by atoms with Crippen LogP contribution in [-0.2, 0) is 17.3 Å². The summed E-state index contributed by atoms with van der Waals surface area (Å²) in [7, 11) is 1.66. The Hall–Kier alpha value is -3.19. The van der Waals surface area contributed by atoms with Crippen LogP contribution in [-0.4, -0.2) is 33.9 Å². The maximum atomic E-state index is 13.8. The van der Waals surface area contributed by atoms with Gasteiger partial charge >= 0.3 is 6.18 Å². The van der Waals surface area contributed by atoms with E-state index in [4.69, 9.17) is 9.47 Å². The van der Waals surface area contributed by atoms with Crippen molar-refractivity contribution >= 4 is 5.65 Å². The zero-order valence-corrected chi connectivity index (χ0v) is 19.8. The number of halogens is 5. The first kappa shape index (κ1) is 27.4. The molecule has 0 aliphatic heterocycles. The monoisotopic (exact) mass is 509 g/mol. The fraction of sp³-hybridized carbons (Fsp3) is 0.462. The number of pyridine rings is 1. The highest BCUT2D eigenvalue weighted by Crippen LogP contribution is 2.41. The van der Waals surface area contributed by atoms with Crippen molar-refractivity contribution < 1.29 is 31.4 Å². The largest absolute Gasteiger partial charge is 0.490 e. The molecule has 194 valence electrons. The van der Waals surface area contributed by atoms with Crippen LogP contribution in [0.25, 0.3) is 5.65 Å². The standard InChI is InChI=1S/C18H22F3N3O2.C6H4F2.C2H2/c1-25-12-4-6-13(7-5-12)26-14-8-9-24-15(10-11-2-3-11)22-23-17(24)16(14)18(19,20)21;7-5-3-1-2-4-6(5)8;1-2/h8-9,11-13H,2-7,10H2,1H3;1-4H;1-2H. The summed E-state index contributed by atoms with van der Waals surface area (Å²) >= 11 is 0. The molecule has 2 aliphatic carbocycles. The molecular formula is C26H28F5N3O2. The summed E-state index contributed by atoms with van der Waals surface area (Å²) in [6.45, 7) is 0. The Morgan fingerprint density at radius 2 is 1.50 bits per heavy atom. The highest BCUT2D eigenvalue weighted by Gasteiger charge is 2.39. The van der Waals surface area contributed by atoms with Crippen LogP contribution < -0.4 is 4.74 Å². The van der Waals surface area contributed by atoms with Crippen molar-refractivity contribution in [2.75, 3.05) is 7.11 Å². The van der Waals surface area contributed by atoms with Crippen LogP contribution in [0.3, 0.4) is 0 Å². The third-order valence-corrected chi connectivity index (χ3v) is 6.14. The van der Waals surface area contributed by atoms with Gasteiger partial charge in [0.2, 0.25) is 0 Å². The van der Waals surface area contributed by atoms with Crippen molar-refractivity contribution in [1.29, 1.82) is 0 Å². The lowest BCUT2D eigenvalue weighted by Crippen LogP contribution is -2.28. The molecule has 2 aliphatic rings. The Bertz CT molecular complexity index is 1130. The van der Waals surface area contributed by atoms with Crippen LogP contribution >= 0.6 is 0 Å². The third kappa shape index (κ3) is 6.94. The van der Waals surface area contributed by atoms with Crippen LogP contribution in [0.2, 0.25) is 0 Å². The summed E-state index contributed by atoms with van der Waals surface area (Å²) in [4.78, 5) is 0. The third-order valence-electron chi connectivity index (χ3n) is 6.14. The Balaban J connectivity index is 0.000000305. The van der Waals surface area contributed by atoms with Gasteiger partial charge in [0.15, 0.2) is 17.3 Å². The van der Waals surface area contributed by atoms with Gasteiger partial charge in [-0.25, -0.2) is 8.78 Å². The van der Waals surface area contributed by atoms with Crippen molar-refractivity contribution in [2.24, 2.45) is 5.92 Å². The van der Waals surface area contributed by atoms with Gasteiger partial charge in [-0.3, -0.25) is 4.40 Å². The van der Waals surface area contributed by atoms with Crippen LogP contribution in [0.15, 0.2) is 36.5 Å². The molecule has 2 heterocycles. The van der Waals surface area contributed by atoms with Gasteiger partial charge in [0.1, 0.15) is 17.1 Å². The second kappa shape index (κ2) is 12.2. The van der Waals surface area contributed by atoms with Gasteiger partial charge in [0.25, 0.3) is 0 Å². The van der Waals surface area contributed by atoms with E-state index in [0.717, 1.165) is 37.8 Å². The quantitative estimate of drug-likeness (QED) is 0.301. The molecule has 10 heteroatoms. The predicted molar refractivity (Wildman–Crippen MR) is 124 cm³/mol. The first-order valence-corrected chi connectivity index (χ1v) is 11.6. The van der Waals surface area contributed by atoms with Crippen LogP contribution in [0, 0.1) is 30.4 Å². The fourth-order valence-corrected chi connectivity index (χ4v) is 4.08. The lowest BCUT2D eigenvalue weighted by Gasteiger charge is -2.29. The van der Waals surface area contributed by atoms with E-state index in [1.807, 2.05) is 0 Å². The van der Waals surface area contributed by atoms with Crippen LogP contribution in [0.5, 0.6) is 5.75 Å². The van der Waals surface area contributed by atoms with E-state index in [0.29, 0.717) is 31.0 Å². The smallest absolute Gasteiger partial charge is 0.423 e. The molecule has 0 atom stereocenters. The SMILES string of the molecule is C#C.COC1CCC(Oc2ccn3c(CC4CC4)nnc3c2C(F)(F)F)CC1.Fc1ccccc1F. The summed E-state index contributed by atoms with van der Waals surface area (Å²) in [6.07, 6.45) is 10.8. The van der Waals surface area contributed by atoms with E-state index < -0.39 is 23.4 Å². The van der Waals surface area contributed by atoms with Crippen molar-refractivity contribution in [2.45, 2.75) is 63.3 Å². The number of hydrogen-bond acceptors (Lipinski definition) is 4. The van der Waals surface area contributed by atoms with Crippen LogP contribution in [0.4, 0.5) is 22.0 Å². The molecular weight excluding hydrogens is 481 g/mol. The lowest BCUT2D eigenvalue weighted by atomic mass is 9.95. The van der Waals surface area contributed by atoms with Gasteiger partial charge in [0, 0.05) is 19.7 Å². The molecule has 0 N–H and O–H groups in total. The van der Waals surface area contributed by atoms with Crippen molar-refractivity contribution in [3.05, 3.63) is 59.6 Å². The molecule has 2 aromatic heterocycles. The summed E-state index contributed by atoms with van der Waals surface area (Å²) in [5, 5.41) is 7.84. The number of terminal acetylenes is 1. The first-order chi connectivity index (χ1) is 17.3. The molecule has 3 aromatic rings. The molecule has 0 bridgehead atoms. The van der Waals surface area contributed by atoms with E-state index in [9.17, 15) is 22.0 Å². The van der Waals surface area contributed by atoms with E-state index in [1.165, 1.54) is 22.6 Å². The normalized spacial score (nSPS) is 19.6. The van der Waals surface area contributed by atoms with E-state index >= 15 is 0 Å². The van der Waals surface area contributed by atoms with Crippen molar-refractivity contribution in [3.8, 4) is 18.6 Å². The predicted octanol–water partition coefficient (Wildman–Crippen LogP) is 6.25. The molecule has 0 spiro atoms. The molecule has 0 saturated heterocycles.